The third kappa shape index (κ3) is 4.30. The van der Waals surface area contributed by atoms with E-state index in [9.17, 15) is 22.8 Å². The van der Waals surface area contributed by atoms with Gasteiger partial charge in [0.05, 0.1) is 23.5 Å². The number of amides is 2. The molecule has 2 aliphatic rings. The van der Waals surface area contributed by atoms with Gasteiger partial charge in [-0.1, -0.05) is 18.2 Å². The molecule has 0 bridgehead atoms. The number of anilines is 3. The van der Waals surface area contributed by atoms with Gasteiger partial charge in [0.1, 0.15) is 5.60 Å². The third-order valence-corrected chi connectivity index (χ3v) is 5.94. The quantitative estimate of drug-likeness (QED) is 0.681. The maximum Gasteiger partial charge on any atom is 0.416 e. The molecule has 31 heavy (non-hydrogen) atoms. The first-order chi connectivity index (χ1) is 14.7. The van der Waals surface area contributed by atoms with Crippen molar-refractivity contribution in [3.8, 4) is 0 Å². The Balaban J connectivity index is 1.37. The van der Waals surface area contributed by atoms with Crippen LogP contribution in [0.1, 0.15) is 31.2 Å². The molecule has 0 aromatic heterocycles. The Kier molecular flexibility index (Phi) is 5.28. The maximum atomic E-state index is 12.8. The van der Waals surface area contributed by atoms with E-state index in [0.29, 0.717) is 32.2 Å². The summed E-state index contributed by atoms with van der Waals surface area (Å²) in [7, 11) is 0. The average Bonchev–Trinajstić information content (AvgIpc) is 3.05. The molecule has 6 nitrogen and oxygen atoms in total. The molecule has 1 heterocycles. The predicted molar refractivity (Wildman–Crippen MR) is 109 cm³/mol. The Labute approximate surface area is 177 Å². The number of nitrogen functional groups attached to an aromatic ring is 1. The van der Waals surface area contributed by atoms with Gasteiger partial charge in [-0.25, -0.2) is 4.79 Å². The number of carbonyl (C=O) groups is 2. The van der Waals surface area contributed by atoms with Crippen molar-refractivity contribution in [3.05, 3.63) is 54.1 Å². The zero-order valence-electron chi connectivity index (χ0n) is 16.6. The Morgan fingerprint density at radius 3 is 2.42 bits per heavy atom. The summed E-state index contributed by atoms with van der Waals surface area (Å²) < 4.78 is 44.0. The number of nitrogens with two attached hydrogens (primary N) is 1. The average molecular weight is 433 g/mol. The number of benzene rings is 2. The molecule has 2 amide bonds. The van der Waals surface area contributed by atoms with Gasteiger partial charge >= 0.3 is 12.3 Å². The highest BCUT2D eigenvalue weighted by molar-refractivity contribution is 5.95. The smallest absolute Gasteiger partial charge is 0.416 e. The molecular weight excluding hydrogens is 411 g/mol. The van der Waals surface area contributed by atoms with Crippen LogP contribution in [0.3, 0.4) is 0 Å². The minimum Gasteiger partial charge on any atom is -0.441 e. The van der Waals surface area contributed by atoms with Crippen LogP contribution < -0.4 is 16.0 Å². The standard InChI is InChI=1S/C22H22F3N3O3/c23-22(24,25)15-6-7-18(17(26)12-15)27-19(29)14-8-10-21(11-9-14)13-28(20(30)31-21)16-4-2-1-3-5-16/h1-7,12,14H,8-11,13,26H2,(H,27,29)/t14-,21-. The summed E-state index contributed by atoms with van der Waals surface area (Å²) in [5.74, 6) is -0.637. The number of hydrogen-bond donors (Lipinski definition) is 2. The summed E-state index contributed by atoms with van der Waals surface area (Å²) in [6, 6.07) is 12.1. The van der Waals surface area contributed by atoms with Gasteiger partial charge in [0.2, 0.25) is 5.91 Å². The van der Waals surface area contributed by atoms with E-state index < -0.39 is 23.4 Å². The van der Waals surface area contributed by atoms with Gasteiger partial charge in [0, 0.05) is 11.6 Å². The van der Waals surface area contributed by atoms with E-state index in [0.717, 1.165) is 23.9 Å². The molecule has 1 aliphatic carbocycles. The van der Waals surface area contributed by atoms with Crippen LogP contribution in [0.15, 0.2) is 48.5 Å². The summed E-state index contributed by atoms with van der Waals surface area (Å²) in [6.07, 6.45) is -2.83. The second kappa shape index (κ2) is 7.79. The first-order valence-corrected chi connectivity index (χ1v) is 10.0. The van der Waals surface area contributed by atoms with Crippen LogP contribution in [0.4, 0.5) is 35.0 Å². The summed E-state index contributed by atoms with van der Waals surface area (Å²) in [4.78, 5) is 26.6. The van der Waals surface area contributed by atoms with Crippen LogP contribution in [0.2, 0.25) is 0 Å². The van der Waals surface area contributed by atoms with E-state index in [2.05, 4.69) is 5.32 Å². The van der Waals surface area contributed by atoms with E-state index in [4.69, 9.17) is 10.5 Å². The normalized spacial score (nSPS) is 23.6. The van der Waals surface area contributed by atoms with E-state index >= 15 is 0 Å². The highest BCUT2D eigenvalue weighted by Gasteiger charge is 2.48. The van der Waals surface area contributed by atoms with Gasteiger partial charge in [-0.2, -0.15) is 13.2 Å². The molecule has 1 spiro atoms. The molecule has 1 saturated heterocycles. The first kappa shape index (κ1) is 21.0. The number of hydrogen-bond acceptors (Lipinski definition) is 4. The van der Waals surface area contributed by atoms with Gasteiger partial charge in [-0.15, -0.1) is 0 Å². The monoisotopic (exact) mass is 433 g/mol. The zero-order valence-corrected chi connectivity index (χ0v) is 16.6. The van der Waals surface area contributed by atoms with Crippen LogP contribution in [-0.2, 0) is 15.7 Å². The molecule has 1 saturated carbocycles. The van der Waals surface area contributed by atoms with Gasteiger partial charge in [-0.3, -0.25) is 9.69 Å². The molecule has 9 heteroatoms. The lowest BCUT2D eigenvalue weighted by molar-refractivity contribution is -0.137. The van der Waals surface area contributed by atoms with Gasteiger partial charge < -0.3 is 15.8 Å². The van der Waals surface area contributed by atoms with E-state index in [1.165, 1.54) is 0 Å². The third-order valence-electron chi connectivity index (χ3n) is 5.94. The molecule has 164 valence electrons. The highest BCUT2D eigenvalue weighted by Crippen LogP contribution is 2.41. The van der Waals surface area contributed by atoms with Gasteiger partial charge in [-0.05, 0) is 56.0 Å². The number of para-hydroxylation sites is 1. The van der Waals surface area contributed by atoms with Crippen molar-refractivity contribution in [1.29, 1.82) is 0 Å². The summed E-state index contributed by atoms with van der Waals surface area (Å²) in [5, 5.41) is 2.63. The van der Waals surface area contributed by atoms with Crippen LogP contribution in [-0.4, -0.2) is 24.1 Å². The topological polar surface area (TPSA) is 84.7 Å². The minimum atomic E-state index is -4.50. The zero-order chi connectivity index (χ0) is 22.2. The fraction of sp³-hybridized carbons (Fsp3) is 0.364. The summed E-state index contributed by atoms with van der Waals surface area (Å²) in [6.45, 7) is 0.427. The molecule has 1 aliphatic heterocycles. The number of rotatable bonds is 3. The first-order valence-electron chi connectivity index (χ1n) is 10.0. The molecule has 2 aromatic carbocycles. The lowest BCUT2D eigenvalue weighted by atomic mass is 9.78. The number of nitrogens with one attached hydrogen (secondary N) is 1. The van der Waals surface area contributed by atoms with Crippen LogP contribution in [0.5, 0.6) is 0 Å². The maximum absolute atomic E-state index is 12.8. The van der Waals surface area contributed by atoms with Crippen molar-refractivity contribution in [1.82, 2.24) is 0 Å². The van der Waals surface area contributed by atoms with Crippen molar-refractivity contribution in [2.24, 2.45) is 5.92 Å². The Morgan fingerprint density at radius 1 is 1.13 bits per heavy atom. The fourth-order valence-electron chi connectivity index (χ4n) is 4.18. The molecule has 0 atom stereocenters. The Bertz CT molecular complexity index is 986. The van der Waals surface area contributed by atoms with E-state index in [1.807, 2.05) is 30.3 Å². The van der Waals surface area contributed by atoms with E-state index in [1.54, 1.807) is 4.90 Å². The molecule has 0 unspecified atom stereocenters. The Morgan fingerprint density at radius 2 is 1.81 bits per heavy atom. The van der Waals surface area contributed by atoms with Gasteiger partial charge in [0.25, 0.3) is 0 Å². The fourth-order valence-corrected chi connectivity index (χ4v) is 4.18. The van der Waals surface area contributed by atoms with Crippen molar-refractivity contribution >= 4 is 29.1 Å². The largest absolute Gasteiger partial charge is 0.441 e. The minimum absolute atomic E-state index is 0.140. The molecule has 2 fully saturated rings. The molecular formula is C22H22F3N3O3. The molecule has 0 radical (unpaired) electrons. The van der Waals surface area contributed by atoms with Crippen LogP contribution in [0.25, 0.3) is 0 Å². The lowest BCUT2D eigenvalue weighted by Crippen LogP contribution is -2.41. The molecule has 3 N–H and O–H groups in total. The highest BCUT2D eigenvalue weighted by atomic mass is 19.4. The summed E-state index contributed by atoms with van der Waals surface area (Å²) in [5.41, 5.74) is 4.98. The SMILES string of the molecule is Nc1cc(C(F)(F)F)ccc1NC(=O)[C@H]1CC[C@]2(CC1)CN(c1ccccc1)C(=O)O2. The Hall–Kier alpha value is -3.23. The number of carbonyl (C=O) groups excluding carboxylic acids is 2. The number of halogens is 3. The lowest BCUT2D eigenvalue weighted by Gasteiger charge is -2.34. The van der Waals surface area contributed by atoms with Crippen molar-refractivity contribution < 1.29 is 27.5 Å². The van der Waals surface area contributed by atoms with Crippen molar-refractivity contribution in [3.63, 3.8) is 0 Å². The number of ether oxygens (including phenoxy) is 1. The molecule has 4 rings (SSSR count). The van der Waals surface area contributed by atoms with Crippen LogP contribution >= 0.6 is 0 Å². The van der Waals surface area contributed by atoms with Crippen LogP contribution in [0, 0.1) is 5.92 Å². The van der Waals surface area contributed by atoms with E-state index in [-0.39, 0.29) is 23.2 Å². The second-order valence-electron chi connectivity index (χ2n) is 8.04. The molecule has 2 aromatic rings. The number of nitrogens with zero attached hydrogens (tertiary/aromatic N) is 1. The van der Waals surface area contributed by atoms with Crippen molar-refractivity contribution in [2.45, 2.75) is 37.5 Å². The number of alkyl halides is 3. The predicted octanol–water partition coefficient (Wildman–Crippen LogP) is 4.81. The van der Waals surface area contributed by atoms with Crippen molar-refractivity contribution in [2.75, 3.05) is 22.5 Å². The van der Waals surface area contributed by atoms with Gasteiger partial charge in [0.15, 0.2) is 0 Å². The summed E-state index contributed by atoms with van der Waals surface area (Å²) >= 11 is 0. The second-order valence-corrected chi connectivity index (χ2v) is 8.04.